The smallest absolute Gasteiger partial charge is 0.109 e. The number of benzene rings is 1. The highest BCUT2D eigenvalue weighted by molar-refractivity contribution is 5.75. The largest absolute Gasteiger partial charge is 0.328 e. The highest BCUT2D eigenvalue weighted by atomic mass is 15.1. The zero-order valence-corrected chi connectivity index (χ0v) is 13.3. The van der Waals surface area contributed by atoms with Crippen LogP contribution in [0.1, 0.15) is 45.4 Å². The molecule has 0 bridgehead atoms. The second-order valence-corrected chi connectivity index (χ2v) is 6.49. The number of para-hydroxylation sites is 2. The van der Waals surface area contributed by atoms with E-state index < -0.39 is 0 Å². The van der Waals surface area contributed by atoms with E-state index in [1.165, 1.54) is 37.1 Å². The van der Waals surface area contributed by atoms with E-state index in [4.69, 9.17) is 4.98 Å². The SMILES string of the molecule is CCCn1c(CCC2CCC(C)CN2)nc2ccccc21. The Labute approximate surface area is 127 Å². The van der Waals surface area contributed by atoms with Gasteiger partial charge in [0.1, 0.15) is 5.82 Å². The van der Waals surface area contributed by atoms with Gasteiger partial charge in [-0.2, -0.15) is 0 Å². The molecule has 2 atom stereocenters. The van der Waals surface area contributed by atoms with E-state index in [2.05, 4.69) is 48.0 Å². The van der Waals surface area contributed by atoms with Crippen molar-refractivity contribution in [1.29, 1.82) is 0 Å². The molecule has 3 rings (SSSR count). The first-order valence-electron chi connectivity index (χ1n) is 8.45. The third kappa shape index (κ3) is 3.29. The van der Waals surface area contributed by atoms with Crippen molar-refractivity contribution >= 4 is 11.0 Å². The first kappa shape index (κ1) is 14.6. The van der Waals surface area contributed by atoms with Gasteiger partial charge in [0.25, 0.3) is 0 Å². The van der Waals surface area contributed by atoms with E-state index in [-0.39, 0.29) is 0 Å². The number of nitrogens with zero attached hydrogens (tertiary/aromatic N) is 2. The second kappa shape index (κ2) is 6.61. The molecular weight excluding hydrogens is 258 g/mol. The second-order valence-electron chi connectivity index (χ2n) is 6.49. The zero-order valence-electron chi connectivity index (χ0n) is 13.3. The molecule has 1 aromatic carbocycles. The van der Waals surface area contributed by atoms with E-state index in [9.17, 15) is 0 Å². The Hall–Kier alpha value is -1.35. The fourth-order valence-corrected chi connectivity index (χ4v) is 3.40. The summed E-state index contributed by atoms with van der Waals surface area (Å²) in [5.41, 5.74) is 2.44. The van der Waals surface area contributed by atoms with Crippen LogP contribution in [0.2, 0.25) is 0 Å². The van der Waals surface area contributed by atoms with Gasteiger partial charge in [0.2, 0.25) is 0 Å². The standard InChI is InChI=1S/C18H27N3/c1-3-12-21-17-7-5-4-6-16(17)20-18(21)11-10-15-9-8-14(2)13-19-15/h4-7,14-15,19H,3,8-13H2,1-2H3. The van der Waals surface area contributed by atoms with E-state index in [1.54, 1.807) is 0 Å². The number of piperidine rings is 1. The molecule has 2 heterocycles. The van der Waals surface area contributed by atoms with Crippen molar-refractivity contribution in [1.82, 2.24) is 14.9 Å². The number of aromatic nitrogens is 2. The molecular formula is C18H27N3. The van der Waals surface area contributed by atoms with E-state index in [0.717, 1.165) is 30.8 Å². The van der Waals surface area contributed by atoms with Gasteiger partial charge in [-0.3, -0.25) is 0 Å². The summed E-state index contributed by atoms with van der Waals surface area (Å²) in [6.07, 6.45) is 6.13. The first-order chi connectivity index (χ1) is 10.3. The first-order valence-corrected chi connectivity index (χ1v) is 8.45. The summed E-state index contributed by atoms with van der Waals surface area (Å²) >= 11 is 0. The van der Waals surface area contributed by atoms with Crippen molar-refractivity contribution in [2.24, 2.45) is 5.92 Å². The van der Waals surface area contributed by atoms with Crippen molar-refractivity contribution in [3.63, 3.8) is 0 Å². The van der Waals surface area contributed by atoms with E-state index in [0.29, 0.717) is 6.04 Å². The molecule has 0 saturated carbocycles. The summed E-state index contributed by atoms with van der Waals surface area (Å²) in [6.45, 7) is 6.83. The maximum Gasteiger partial charge on any atom is 0.109 e. The molecule has 2 aromatic rings. The third-order valence-corrected chi connectivity index (χ3v) is 4.66. The van der Waals surface area contributed by atoms with Gasteiger partial charge in [-0.05, 0) is 50.3 Å². The molecule has 0 aliphatic carbocycles. The summed E-state index contributed by atoms with van der Waals surface area (Å²) < 4.78 is 2.42. The lowest BCUT2D eigenvalue weighted by Crippen LogP contribution is -2.38. The van der Waals surface area contributed by atoms with Crippen LogP contribution in [0.5, 0.6) is 0 Å². The molecule has 0 amide bonds. The van der Waals surface area contributed by atoms with Gasteiger partial charge >= 0.3 is 0 Å². The van der Waals surface area contributed by atoms with Crippen LogP contribution in [-0.2, 0) is 13.0 Å². The highest BCUT2D eigenvalue weighted by Crippen LogP contribution is 2.20. The Morgan fingerprint density at radius 2 is 2.14 bits per heavy atom. The van der Waals surface area contributed by atoms with E-state index >= 15 is 0 Å². The number of aryl methyl sites for hydroxylation is 2. The Balaban J connectivity index is 1.72. The molecule has 3 nitrogen and oxygen atoms in total. The number of hydrogen-bond acceptors (Lipinski definition) is 2. The number of nitrogens with one attached hydrogen (secondary N) is 1. The Morgan fingerprint density at radius 3 is 2.90 bits per heavy atom. The van der Waals surface area contributed by atoms with Gasteiger partial charge in [0, 0.05) is 19.0 Å². The Bertz CT molecular complexity index is 579. The van der Waals surface area contributed by atoms with Crippen molar-refractivity contribution in [2.45, 2.75) is 58.5 Å². The van der Waals surface area contributed by atoms with Crippen LogP contribution >= 0.6 is 0 Å². The van der Waals surface area contributed by atoms with Gasteiger partial charge in [-0.25, -0.2) is 4.98 Å². The average Bonchev–Trinajstić information content (AvgIpc) is 2.85. The summed E-state index contributed by atoms with van der Waals surface area (Å²) in [5, 5.41) is 3.69. The van der Waals surface area contributed by atoms with Gasteiger partial charge in [-0.1, -0.05) is 26.0 Å². The fourth-order valence-electron chi connectivity index (χ4n) is 3.40. The van der Waals surface area contributed by atoms with Crippen molar-refractivity contribution in [3.8, 4) is 0 Å². The predicted octanol–water partition coefficient (Wildman–Crippen LogP) is 3.77. The molecule has 114 valence electrons. The topological polar surface area (TPSA) is 29.9 Å². The van der Waals surface area contributed by atoms with Crippen LogP contribution in [-0.4, -0.2) is 22.1 Å². The lowest BCUT2D eigenvalue weighted by Gasteiger charge is -2.27. The fraction of sp³-hybridized carbons (Fsp3) is 0.611. The zero-order chi connectivity index (χ0) is 14.7. The monoisotopic (exact) mass is 285 g/mol. The quantitative estimate of drug-likeness (QED) is 0.906. The molecule has 1 aliphatic heterocycles. The van der Waals surface area contributed by atoms with Crippen LogP contribution in [0.4, 0.5) is 0 Å². The number of fused-ring (bicyclic) bond motifs is 1. The van der Waals surface area contributed by atoms with Gasteiger partial charge in [0.15, 0.2) is 0 Å². The number of imidazole rings is 1. The van der Waals surface area contributed by atoms with Crippen LogP contribution in [0, 0.1) is 5.92 Å². The lowest BCUT2D eigenvalue weighted by molar-refractivity contribution is 0.314. The molecule has 1 aliphatic rings. The van der Waals surface area contributed by atoms with E-state index in [1.807, 2.05) is 0 Å². The molecule has 1 N–H and O–H groups in total. The number of rotatable bonds is 5. The van der Waals surface area contributed by atoms with Crippen molar-refractivity contribution in [2.75, 3.05) is 6.54 Å². The molecule has 0 radical (unpaired) electrons. The summed E-state index contributed by atoms with van der Waals surface area (Å²) in [5.74, 6) is 2.10. The predicted molar refractivity (Wildman–Crippen MR) is 88.5 cm³/mol. The lowest BCUT2D eigenvalue weighted by atomic mass is 9.94. The summed E-state index contributed by atoms with van der Waals surface area (Å²) in [7, 11) is 0. The maximum absolute atomic E-state index is 4.87. The van der Waals surface area contributed by atoms with Gasteiger partial charge < -0.3 is 9.88 Å². The summed E-state index contributed by atoms with van der Waals surface area (Å²) in [4.78, 5) is 4.87. The minimum absolute atomic E-state index is 0.677. The molecule has 21 heavy (non-hydrogen) atoms. The molecule has 1 fully saturated rings. The molecule has 0 spiro atoms. The normalized spacial score (nSPS) is 22.8. The Morgan fingerprint density at radius 1 is 1.29 bits per heavy atom. The van der Waals surface area contributed by atoms with Crippen molar-refractivity contribution < 1.29 is 0 Å². The highest BCUT2D eigenvalue weighted by Gasteiger charge is 2.18. The van der Waals surface area contributed by atoms with Crippen LogP contribution < -0.4 is 5.32 Å². The molecule has 2 unspecified atom stereocenters. The van der Waals surface area contributed by atoms with Crippen LogP contribution in [0.15, 0.2) is 24.3 Å². The molecule has 3 heteroatoms. The number of hydrogen-bond donors (Lipinski definition) is 1. The van der Waals surface area contributed by atoms with Crippen LogP contribution in [0.3, 0.4) is 0 Å². The molecule has 1 saturated heterocycles. The average molecular weight is 285 g/mol. The minimum atomic E-state index is 0.677. The maximum atomic E-state index is 4.87. The Kier molecular flexibility index (Phi) is 4.59. The third-order valence-electron chi connectivity index (χ3n) is 4.66. The van der Waals surface area contributed by atoms with Crippen molar-refractivity contribution in [3.05, 3.63) is 30.1 Å². The molecule has 1 aromatic heterocycles. The summed E-state index contributed by atoms with van der Waals surface area (Å²) in [6, 6.07) is 9.20. The van der Waals surface area contributed by atoms with Crippen LogP contribution in [0.25, 0.3) is 11.0 Å². The van der Waals surface area contributed by atoms with Gasteiger partial charge in [-0.15, -0.1) is 0 Å². The van der Waals surface area contributed by atoms with Gasteiger partial charge in [0.05, 0.1) is 11.0 Å². The minimum Gasteiger partial charge on any atom is -0.328 e.